The summed E-state index contributed by atoms with van der Waals surface area (Å²) in [5, 5.41) is 9.11. The molecule has 0 bridgehead atoms. The molecular weight excluding hydrogens is 220 g/mol. The minimum absolute atomic E-state index is 0.254. The number of hydrogen-bond acceptors (Lipinski definition) is 2. The van der Waals surface area contributed by atoms with Crippen molar-refractivity contribution in [2.45, 2.75) is 19.8 Å². The van der Waals surface area contributed by atoms with Gasteiger partial charge in [0.1, 0.15) is 0 Å². The highest BCUT2D eigenvalue weighted by molar-refractivity contribution is 7.98. The van der Waals surface area contributed by atoms with E-state index >= 15 is 0 Å². The molecule has 0 aliphatic carbocycles. The fourth-order valence-electron chi connectivity index (χ4n) is 1.58. The largest absolute Gasteiger partial charge is 0.481 e. The van der Waals surface area contributed by atoms with E-state index in [2.05, 4.69) is 0 Å². The quantitative estimate of drug-likeness (QED) is 0.828. The van der Waals surface area contributed by atoms with Crippen molar-refractivity contribution in [1.82, 2.24) is 0 Å². The van der Waals surface area contributed by atoms with Gasteiger partial charge in [-0.15, -0.1) is 0 Å². The number of thioether (sulfide) groups is 1. The summed E-state index contributed by atoms with van der Waals surface area (Å²) in [4.78, 5) is 11.1. The number of aryl methyl sites for hydroxylation is 1. The Morgan fingerprint density at radius 2 is 2.00 bits per heavy atom. The lowest BCUT2D eigenvalue weighted by molar-refractivity contribution is -0.141. The Bertz CT molecular complexity index is 332. The van der Waals surface area contributed by atoms with E-state index < -0.39 is 5.97 Å². The van der Waals surface area contributed by atoms with Gasteiger partial charge in [-0.25, -0.2) is 0 Å². The highest BCUT2D eigenvalue weighted by atomic mass is 32.2. The summed E-state index contributed by atoms with van der Waals surface area (Å²) in [6.45, 7) is 2.03. The number of carbonyl (C=O) groups is 1. The number of carboxylic acids is 1. The second kappa shape index (κ2) is 6.59. The van der Waals surface area contributed by atoms with Gasteiger partial charge in [0.2, 0.25) is 0 Å². The first-order valence-electron chi connectivity index (χ1n) is 5.40. The summed E-state index contributed by atoms with van der Waals surface area (Å²) in [5.74, 6) is -0.0344. The van der Waals surface area contributed by atoms with E-state index in [-0.39, 0.29) is 5.92 Å². The fourth-order valence-corrected chi connectivity index (χ4v) is 2.10. The lowest BCUT2D eigenvalue weighted by Gasteiger charge is -2.11. The monoisotopic (exact) mass is 238 g/mol. The molecule has 1 atom stereocenters. The van der Waals surface area contributed by atoms with Crippen LogP contribution in [0.4, 0.5) is 0 Å². The molecule has 1 aromatic rings. The minimum Gasteiger partial charge on any atom is -0.481 e. The van der Waals surface area contributed by atoms with Gasteiger partial charge in [0.15, 0.2) is 0 Å². The zero-order valence-corrected chi connectivity index (χ0v) is 10.6. The van der Waals surface area contributed by atoms with E-state index in [4.69, 9.17) is 5.11 Å². The van der Waals surface area contributed by atoms with Gasteiger partial charge in [0, 0.05) is 0 Å². The maximum absolute atomic E-state index is 11.1. The number of hydrogen-bond donors (Lipinski definition) is 1. The molecule has 0 amide bonds. The molecule has 0 spiro atoms. The molecule has 1 rings (SSSR count). The number of rotatable bonds is 6. The van der Waals surface area contributed by atoms with Gasteiger partial charge in [0.05, 0.1) is 5.92 Å². The molecule has 1 N–H and O–H groups in total. The Balaban J connectivity index is 2.60. The molecule has 3 heteroatoms. The van der Waals surface area contributed by atoms with Gasteiger partial charge < -0.3 is 5.11 Å². The number of aliphatic carboxylic acids is 1. The molecule has 0 saturated heterocycles. The third kappa shape index (κ3) is 4.27. The third-order valence-corrected chi connectivity index (χ3v) is 3.27. The fraction of sp³-hybridized carbons (Fsp3) is 0.462. The first-order chi connectivity index (χ1) is 7.63. The number of carboxylic acid groups (broad SMARTS) is 1. The average molecular weight is 238 g/mol. The van der Waals surface area contributed by atoms with E-state index in [1.54, 1.807) is 11.8 Å². The van der Waals surface area contributed by atoms with Crippen LogP contribution in [0.2, 0.25) is 0 Å². The van der Waals surface area contributed by atoms with Crippen molar-refractivity contribution in [2.24, 2.45) is 5.92 Å². The summed E-state index contributed by atoms with van der Waals surface area (Å²) in [7, 11) is 0. The lowest BCUT2D eigenvalue weighted by atomic mass is 9.96. The Kier molecular flexibility index (Phi) is 5.39. The van der Waals surface area contributed by atoms with Crippen LogP contribution in [-0.4, -0.2) is 23.1 Å². The van der Waals surface area contributed by atoms with Crippen LogP contribution in [0.1, 0.15) is 17.5 Å². The second-order valence-electron chi connectivity index (χ2n) is 4.01. The molecular formula is C13H18O2S. The van der Waals surface area contributed by atoms with Crippen molar-refractivity contribution >= 4 is 17.7 Å². The lowest BCUT2D eigenvalue weighted by Crippen LogP contribution is -2.17. The molecule has 88 valence electrons. The Hall–Kier alpha value is -0.960. The predicted molar refractivity (Wildman–Crippen MR) is 69.0 cm³/mol. The topological polar surface area (TPSA) is 37.3 Å². The molecule has 0 saturated carbocycles. The summed E-state index contributed by atoms with van der Waals surface area (Å²) in [6.07, 6.45) is 3.38. The van der Waals surface area contributed by atoms with Gasteiger partial charge in [-0.1, -0.05) is 29.8 Å². The van der Waals surface area contributed by atoms with E-state index in [1.807, 2.05) is 37.4 Å². The van der Waals surface area contributed by atoms with E-state index in [9.17, 15) is 4.79 Å². The Labute approximate surface area is 101 Å². The van der Waals surface area contributed by atoms with Crippen LogP contribution < -0.4 is 0 Å². The molecule has 0 heterocycles. The zero-order valence-electron chi connectivity index (χ0n) is 9.77. The SMILES string of the molecule is CSCCC(Cc1ccc(C)cc1)C(=O)O. The molecule has 0 aliphatic rings. The maximum atomic E-state index is 11.1. The summed E-state index contributed by atoms with van der Waals surface area (Å²) >= 11 is 1.70. The van der Waals surface area contributed by atoms with Gasteiger partial charge in [0.25, 0.3) is 0 Å². The molecule has 16 heavy (non-hydrogen) atoms. The van der Waals surface area contributed by atoms with Crippen LogP contribution in [0.5, 0.6) is 0 Å². The van der Waals surface area contributed by atoms with Gasteiger partial charge in [-0.05, 0) is 37.3 Å². The van der Waals surface area contributed by atoms with Crippen molar-refractivity contribution in [2.75, 3.05) is 12.0 Å². The second-order valence-corrected chi connectivity index (χ2v) is 4.99. The molecule has 2 nitrogen and oxygen atoms in total. The molecule has 0 aliphatic heterocycles. The van der Waals surface area contributed by atoms with Crippen LogP contribution in [0.3, 0.4) is 0 Å². The van der Waals surface area contributed by atoms with Gasteiger partial charge in [-0.2, -0.15) is 11.8 Å². The first-order valence-corrected chi connectivity index (χ1v) is 6.80. The summed E-state index contributed by atoms with van der Waals surface area (Å²) < 4.78 is 0. The van der Waals surface area contributed by atoms with E-state index in [0.717, 1.165) is 17.7 Å². The van der Waals surface area contributed by atoms with Crippen LogP contribution in [0, 0.1) is 12.8 Å². The van der Waals surface area contributed by atoms with Gasteiger partial charge in [-0.3, -0.25) is 4.79 Å². The standard InChI is InChI=1S/C13H18O2S/c1-10-3-5-11(6-4-10)9-12(13(14)15)7-8-16-2/h3-6,12H,7-9H2,1-2H3,(H,14,15). The first kappa shape index (κ1) is 13.1. The van der Waals surface area contributed by atoms with E-state index in [0.29, 0.717) is 6.42 Å². The maximum Gasteiger partial charge on any atom is 0.306 e. The smallest absolute Gasteiger partial charge is 0.306 e. The average Bonchev–Trinajstić information content (AvgIpc) is 2.26. The van der Waals surface area contributed by atoms with Crippen molar-refractivity contribution < 1.29 is 9.90 Å². The minimum atomic E-state index is -0.686. The van der Waals surface area contributed by atoms with Crippen LogP contribution in [-0.2, 0) is 11.2 Å². The van der Waals surface area contributed by atoms with Gasteiger partial charge >= 0.3 is 5.97 Å². The highest BCUT2D eigenvalue weighted by Crippen LogP contribution is 2.15. The summed E-state index contributed by atoms with van der Waals surface area (Å²) in [5.41, 5.74) is 2.32. The van der Waals surface area contributed by atoms with Crippen LogP contribution in [0.15, 0.2) is 24.3 Å². The predicted octanol–water partition coefficient (Wildman–Crippen LogP) is 2.99. The normalized spacial score (nSPS) is 12.4. The highest BCUT2D eigenvalue weighted by Gasteiger charge is 2.17. The molecule has 0 radical (unpaired) electrons. The molecule has 0 fully saturated rings. The van der Waals surface area contributed by atoms with Crippen molar-refractivity contribution in [3.63, 3.8) is 0 Å². The molecule has 1 unspecified atom stereocenters. The van der Waals surface area contributed by atoms with Crippen LogP contribution >= 0.6 is 11.8 Å². The Morgan fingerprint density at radius 3 is 2.50 bits per heavy atom. The third-order valence-electron chi connectivity index (χ3n) is 2.62. The molecule has 0 aromatic heterocycles. The van der Waals surface area contributed by atoms with E-state index in [1.165, 1.54) is 5.56 Å². The molecule has 1 aromatic carbocycles. The van der Waals surface area contributed by atoms with Crippen LogP contribution in [0.25, 0.3) is 0 Å². The van der Waals surface area contributed by atoms with Crippen molar-refractivity contribution in [3.05, 3.63) is 35.4 Å². The van der Waals surface area contributed by atoms with Crippen molar-refractivity contribution in [3.8, 4) is 0 Å². The number of benzene rings is 1. The summed E-state index contributed by atoms with van der Waals surface area (Å²) in [6, 6.07) is 8.10. The zero-order chi connectivity index (χ0) is 12.0. The van der Waals surface area contributed by atoms with Crippen molar-refractivity contribution in [1.29, 1.82) is 0 Å². The Morgan fingerprint density at radius 1 is 1.38 bits per heavy atom.